The molecule has 13 heavy (non-hydrogen) atoms. The van der Waals surface area contributed by atoms with Crippen molar-refractivity contribution in [2.45, 2.75) is 25.3 Å². The Balaban J connectivity index is 1.71. The van der Waals surface area contributed by atoms with Crippen molar-refractivity contribution < 1.29 is 9.21 Å². The van der Waals surface area contributed by atoms with Crippen molar-refractivity contribution in [2.75, 3.05) is 6.54 Å². The molecule has 1 aliphatic rings. The van der Waals surface area contributed by atoms with Crippen molar-refractivity contribution in [3.63, 3.8) is 0 Å². The Kier molecular flexibility index (Phi) is 2.45. The molecule has 1 aliphatic carbocycles. The molecule has 0 amide bonds. The van der Waals surface area contributed by atoms with E-state index in [4.69, 9.17) is 4.42 Å². The number of furan rings is 1. The van der Waals surface area contributed by atoms with Gasteiger partial charge in [-0.05, 0) is 18.9 Å². The van der Waals surface area contributed by atoms with Crippen molar-refractivity contribution in [1.82, 2.24) is 5.32 Å². The maximum absolute atomic E-state index is 11.4. The fourth-order valence-corrected chi connectivity index (χ4v) is 1.24. The molecular weight excluding hydrogens is 166 g/mol. The number of Topliss-reactive ketones (excluding diaryl/α,β-unsaturated/α-hetero) is 1. The fraction of sp³-hybridized carbons (Fsp3) is 0.500. The summed E-state index contributed by atoms with van der Waals surface area (Å²) >= 11 is 0. The Morgan fingerprint density at radius 1 is 1.62 bits per heavy atom. The molecule has 0 aromatic carbocycles. The summed E-state index contributed by atoms with van der Waals surface area (Å²) in [5.41, 5.74) is 0.678. The molecule has 0 atom stereocenters. The largest absolute Gasteiger partial charge is 0.472 e. The van der Waals surface area contributed by atoms with Crippen molar-refractivity contribution in [3.05, 3.63) is 24.2 Å². The average Bonchev–Trinajstić information content (AvgIpc) is 2.80. The molecule has 3 heteroatoms. The quantitative estimate of drug-likeness (QED) is 0.698. The van der Waals surface area contributed by atoms with Gasteiger partial charge in [-0.3, -0.25) is 4.79 Å². The monoisotopic (exact) mass is 179 g/mol. The summed E-state index contributed by atoms with van der Waals surface area (Å²) in [7, 11) is 0. The lowest BCUT2D eigenvalue weighted by molar-refractivity contribution is 0.0982. The second-order valence-electron chi connectivity index (χ2n) is 3.41. The molecule has 0 bridgehead atoms. The summed E-state index contributed by atoms with van der Waals surface area (Å²) in [6.45, 7) is 0.786. The van der Waals surface area contributed by atoms with Crippen LogP contribution in [0.15, 0.2) is 23.0 Å². The van der Waals surface area contributed by atoms with E-state index in [0.717, 1.165) is 6.54 Å². The molecule has 0 radical (unpaired) electrons. The normalized spacial score (nSPS) is 16.0. The van der Waals surface area contributed by atoms with Gasteiger partial charge in [0.2, 0.25) is 0 Å². The van der Waals surface area contributed by atoms with Crippen molar-refractivity contribution in [3.8, 4) is 0 Å². The van der Waals surface area contributed by atoms with E-state index < -0.39 is 0 Å². The van der Waals surface area contributed by atoms with Crippen LogP contribution in [0.25, 0.3) is 0 Å². The lowest BCUT2D eigenvalue weighted by Gasteiger charge is -1.99. The van der Waals surface area contributed by atoms with Crippen LogP contribution < -0.4 is 5.32 Å². The summed E-state index contributed by atoms with van der Waals surface area (Å²) in [5.74, 6) is 0.155. The highest BCUT2D eigenvalue weighted by molar-refractivity contribution is 5.95. The van der Waals surface area contributed by atoms with Crippen LogP contribution in [-0.4, -0.2) is 18.4 Å². The van der Waals surface area contributed by atoms with Crippen LogP contribution in [0.2, 0.25) is 0 Å². The van der Waals surface area contributed by atoms with E-state index >= 15 is 0 Å². The summed E-state index contributed by atoms with van der Waals surface area (Å²) < 4.78 is 4.83. The molecule has 0 saturated heterocycles. The Bertz CT molecular complexity index is 275. The number of hydrogen-bond acceptors (Lipinski definition) is 3. The van der Waals surface area contributed by atoms with E-state index in [9.17, 15) is 4.79 Å². The standard InChI is InChI=1S/C10H13NO2/c12-10(8-4-6-13-7-8)3-5-11-9-1-2-9/h4,6-7,9,11H,1-3,5H2. The van der Waals surface area contributed by atoms with Crippen LogP contribution >= 0.6 is 0 Å². The molecule has 2 rings (SSSR count). The minimum absolute atomic E-state index is 0.155. The first-order chi connectivity index (χ1) is 6.36. The Hall–Kier alpha value is -1.09. The van der Waals surface area contributed by atoms with Crippen molar-refractivity contribution >= 4 is 5.78 Å². The molecule has 0 spiro atoms. The maximum Gasteiger partial charge on any atom is 0.167 e. The third-order valence-electron chi connectivity index (χ3n) is 2.21. The third-order valence-corrected chi connectivity index (χ3v) is 2.21. The number of hydrogen-bond donors (Lipinski definition) is 1. The Morgan fingerprint density at radius 3 is 3.08 bits per heavy atom. The first-order valence-electron chi connectivity index (χ1n) is 4.65. The van der Waals surface area contributed by atoms with Crippen molar-refractivity contribution in [1.29, 1.82) is 0 Å². The van der Waals surface area contributed by atoms with Gasteiger partial charge in [0.05, 0.1) is 11.8 Å². The highest BCUT2D eigenvalue weighted by Gasteiger charge is 2.20. The van der Waals surface area contributed by atoms with E-state index in [-0.39, 0.29) is 5.78 Å². The highest BCUT2D eigenvalue weighted by Crippen LogP contribution is 2.18. The third kappa shape index (κ3) is 2.42. The van der Waals surface area contributed by atoms with E-state index in [1.807, 2.05) is 0 Å². The maximum atomic E-state index is 11.4. The van der Waals surface area contributed by atoms with Crippen LogP contribution in [0.4, 0.5) is 0 Å². The fourth-order valence-electron chi connectivity index (χ4n) is 1.24. The van der Waals surface area contributed by atoms with E-state index in [1.165, 1.54) is 25.4 Å². The number of nitrogens with one attached hydrogen (secondary N) is 1. The van der Waals surface area contributed by atoms with Gasteiger partial charge in [-0.25, -0.2) is 0 Å². The molecular formula is C10H13NO2. The van der Waals surface area contributed by atoms with Gasteiger partial charge < -0.3 is 9.73 Å². The number of rotatable bonds is 5. The zero-order valence-corrected chi connectivity index (χ0v) is 7.45. The van der Waals surface area contributed by atoms with Gasteiger partial charge in [-0.1, -0.05) is 0 Å². The zero-order chi connectivity index (χ0) is 9.10. The topological polar surface area (TPSA) is 42.2 Å². The first kappa shape index (κ1) is 8.51. The van der Waals surface area contributed by atoms with Gasteiger partial charge in [0.1, 0.15) is 6.26 Å². The zero-order valence-electron chi connectivity index (χ0n) is 7.45. The first-order valence-corrected chi connectivity index (χ1v) is 4.65. The van der Waals surface area contributed by atoms with Crippen LogP contribution in [0.3, 0.4) is 0 Å². The molecule has 1 N–H and O–H groups in total. The van der Waals surface area contributed by atoms with Gasteiger partial charge in [0.15, 0.2) is 5.78 Å². The minimum atomic E-state index is 0.155. The van der Waals surface area contributed by atoms with E-state index in [2.05, 4.69) is 5.32 Å². The summed E-state index contributed by atoms with van der Waals surface area (Å²) in [6, 6.07) is 2.39. The molecule has 1 aromatic heterocycles. The van der Waals surface area contributed by atoms with Crippen molar-refractivity contribution in [2.24, 2.45) is 0 Å². The van der Waals surface area contributed by atoms with E-state index in [1.54, 1.807) is 6.07 Å². The smallest absolute Gasteiger partial charge is 0.167 e. The van der Waals surface area contributed by atoms with Gasteiger partial charge >= 0.3 is 0 Å². The Labute approximate surface area is 77.1 Å². The molecule has 1 aromatic rings. The minimum Gasteiger partial charge on any atom is -0.472 e. The van der Waals surface area contributed by atoms with Gasteiger partial charge in [-0.15, -0.1) is 0 Å². The summed E-state index contributed by atoms with van der Waals surface area (Å²) in [6.07, 6.45) is 6.12. The highest BCUT2D eigenvalue weighted by atomic mass is 16.3. The number of carbonyl (C=O) groups is 1. The molecule has 3 nitrogen and oxygen atoms in total. The lowest BCUT2D eigenvalue weighted by Crippen LogP contribution is -2.20. The van der Waals surface area contributed by atoms with Crippen LogP contribution in [0, 0.1) is 0 Å². The molecule has 0 unspecified atom stereocenters. The van der Waals surface area contributed by atoms with Crippen LogP contribution in [0.1, 0.15) is 29.6 Å². The van der Waals surface area contributed by atoms with E-state index in [0.29, 0.717) is 18.0 Å². The lowest BCUT2D eigenvalue weighted by atomic mass is 10.2. The SMILES string of the molecule is O=C(CCNC1CC1)c1ccoc1. The average molecular weight is 179 g/mol. The molecule has 1 saturated carbocycles. The second-order valence-corrected chi connectivity index (χ2v) is 3.41. The van der Waals surface area contributed by atoms with Gasteiger partial charge in [0, 0.05) is 19.0 Å². The second kappa shape index (κ2) is 3.75. The molecule has 70 valence electrons. The number of ketones is 1. The predicted molar refractivity (Wildman–Crippen MR) is 48.7 cm³/mol. The summed E-state index contributed by atoms with van der Waals surface area (Å²) in [5, 5.41) is 3.30. The van der Waals surface area contributed by atoms with Gasteiger partial charge in [-0.2, -0.15) is 0 Å². The molecule has 0 aliphatic heterocycles. The summed E-state index contributed by atoms with van der Waals surface area (Å²) in [4.78, 5) is 11.4. The Morgan fingerprint density at radius 2 is 2.46 bits per heavy atom. The number of carbonyl (C=O) groups excluding carboxylic acids is 1. The van der Waals surface area contributed by atoms with Crippen LogP contribution in [0.5, 0.6) is 0 Å². The molecule has 1 heterocycles. The molecule has 1 fully saturated rings. The van der Waals surface area contributed by atoms with Crippen LogP contribution in [-0.2, 0) is 0 Å². The van der Waals surface area contributed by atoms with Gasteiger partial charge in [0.25, 0.3) is 0 Å². The predicted octanol–water partition coefficient (Wildman–Crippen LogP) is 1.60.